The molecule has 4 unspecified atom stereocenters. The van der Waals surface area contributed by atoms with E-state index < -0.39 is 11.6 Å². The van der Waals surface area contributed by atoms with Gasteiger partial charge in [0.25, 0.3) is 0 Å². The van der Waals surface area contributed by atoms with Crippen LogP contribution >= 0.6 is 0 Å². The van der Waals surface area contributed by atoms with E-state index >= 15 is 0 Å². The van der Waals surface area contributed by atoms with Crippen molar-refractivity contribution in [2.24, 2.45) is 23.0 Å². The summed E-state index contributed by atoms with van der Waals surface area (Å²) in [5.41, 5.74) is 5.67. The molecule has 4 aliphatic carbocycles. The number of nitrogens with two attached hydrogens (primary N) is 1. The van der Waals surface area contributed by atoms with Crippen LogP contribution in [-0.4, -0.2) is 40.1 Å². The minimum Gasteiger partial charge on any atom is -0.390 e. The van der Waals surface area contributed by atoms with Crippen LogP contribution in [0.2, 0.25) is 0 Å². The van der Waals surface area contributed by atoms with Crippen LogP contribution in [0.15, 0.2) is 0 Å². The van der Waals surface area contributed by atoms with Gasteiger partial charge in [-0.3, -0.25) is 4.79 Å². The summed E-state index contributed by atoms with van der Waals surface area (Å²) in [6, 6.07) is 1.39. The molecule has 126 valence electrons. The van der Waals surface area contributed by atoms with Gasteiger partial charge in [-0.1, -0.05) is 0 Å². The molecule has 1 aliphatic heterocycles. The molecule has 4 atom stereocenters. The number of likely N-dealkylation sites (tertiary alicyclic amines) is 1. The fourth-order valence-electron chi connectivity index (χ4n) is 6.42. The number of amides is 1. The van der Waals surface area contributed by atoms with Gasteiger partial charge in [0.1, 0.15) is 6.04 Å². The predicted molar refractivity (Wildman–Crippen MR) is 85.0 cm³/mol. The van der Waals surface area contributed by atoms with Crippen molar-refractivity contribution in [3.05, 3.63) is 0 Å². The Morgan fingerprint density at radius 3 is 2.57 bits per heavy atom. The Balaban J connectivity index is 1.57. The van der Waals surface area contributed by atoms with E-state index in [-0.39, 0.29) is 17.4 Å². The van der Waals surface area contributed by atoms with Gasteiger partial charge in [-0.15, -0.1) is 0 Å². The van der Waals surface area contributed by atoms with Gasteiger partial charge in [0.2, 0.25) is 5.91 Å². The molecule has 3 N–H and O–H groups in total. The van der Waals surface area contributed by atoms with Crippen molar-refractivity contribution in [1.29, 1.82) is 5.26 Å². The molecular formula is C18H27N3O2. The molecule has 5 fully saturated rings. The van der Waals surface area contributed by atoms with E-state index in [1.54, 1.807) is 4.90 Å². The number of nitrogens with zero attached hydrogens (tertiary/aromatic N) is 2. The van der Waals surface area contributed by atoms with Crippen LogP contribution in [0.5, 0.6) is 0 Å². The Kier molecular flexibility index (Phi) is 3.48. The quantitative estimate of drug-likeness (QED) is 0.808. The molecule has 4 saturated carbocycles. The van der Waals surface area contributed by atoms with E-state index in [1.165, 1.54) is 6.42 Å². The highest BCUT2D eigenvalue weighted by Gasteiger charge is 2.60. The second-order valence-corrected chi connectivity index (χ2v) is 8.70. The van der Waals surface area contributed by atoms with Crippen LogP contribution in [-0.2, 0) is 4.79 Å². The molecule has 0 aromatic heterocycles. The van der Waals surface area contributed by atoms with Crippen LogP contribution in [0.25, 0.3) is 0 Å². The summed E-state index contributed by atoms with van der Waals surface area (Å²) in [5.74, 6) is 0.989. The molecule has 1 heterocycles. The van der Waals surface area contributed by atoms with Gasteiger partial charge in [-0.05, 0) is 75.0 Å². The number of hydrogen-bond donors (Lipinski definition) is 2. The zero-order valence-electron chi connectivity index (χ0n) is 13.7. The topological polar surface area (TPSA) is 90.4 Å². The summed E-state index contributed by atoms with van der Waals surface area (Å²) >= 11 is 0. The van der Waals surface area contributed by atoms with Gasteiger partial charge in [-0.25, -0.2) is 0 Å². The van der Waals surface area contributed by atoms with E-state index in [2.05, 4.69) is 6.07 Å². The molecule has 5 nitrogen and oxygen atoms in total. The lowest BCUT2D eigenvalue weighted by molar-refractivity contribution is -0.177. The minimum absolute atomic E-state index is 0.0539. The van der Waals surface area contributed by atoms with Crippen molar-refractivity contribution >= 4 is 5.91 Å². The van der Waals surface area contributed by atoms with E-state index in [1.807, 2.05) is 0 Å². The molecular weight excluding hydrogens is 290 g/mol. The van der Waals surface area contributed by atoms with Gasteiger partial charge >= 0.3 is 0 Å². The molecule has 0 radical (unpaired) electrons. The lowest BCUT2D eigenvalue weighted by Crippen LogP contribution is -2.65. The molecule has 4 bridgehead atoms. The Morgan fingerprint density at radius 2 is 1.96 bits per heavy atom. The maximum Gasteiger partial charge on any atom is 0.241 e. The van der Waals surface area contributed by atoms with Crippen molar-refractivity contribution in [2.45, 2.75) is 75.5 Å². The summed E-state index contributed by atoms with van der Waals surface area (Å²) in [6.45, 7) is 0.651. The highest BCUT2D eigenvalue weighted by Crippen LogP contribution is 2.62. The summed E-state index contributed by atoms with van der Waals surface area (Å²) in [7, 11) is 0. The third-order valence-electron chi connectivity index (χ3n) is 6.94. The number of piperidine rings is 1. The van der Waals surface area contributed by atoms with Gasteiger partial charge in [0.15, 0.2) is 0 Å². The number of hydrogen-bond acceptors (Lipinski definition) is 4. The highest BCUT2D eigenvalue weighted by atomic mass is 16.3. The fourth-order valence-corrected chi connectivity index (χ4v) is 6.42. The average molecular weight is 317 g/mol. The van der Waals surface area contributed by atoms with Gasteiger partial charge in [-0.2, -0.15) is 5.26 Å². The Bertz CT molecular complexity index is 541. The Hall–Kier alpha value is -1.12. The van der Waals surface area contributed by atoms with Gasteiger partial charge in [0, 0.05) is 6.54 Å². The fraction of sp³-hybridized carbons (Fsp3) is 0.889. The molecule has 0 aromatic carbocycles. The molecule has 23 heavy (non-hydrogen) atoms. The Morgan fingerprint density at radius 1 is 1.26 bits per heavy atom. The van der Waals surface area contributed by atoms with Crippen molar-refractivity contribution < 1.29 is 9.90 Å². The van der Waals surface area contributed by atoms with E-state index in [9.17, 15) is 15.2 Å². The van der Waals surface area contributed by atoms with Crippen LogP contribution in [0.1, 0.15) is 57.8 Å². The summed E-state index contributed by atoms with van der Waals surface area (Å²) in [4.78, 5) is 14.8. The highest BCUT2D eigenvalue weighted by molar-refractivity contribution is 5.83. The van der Waals surface area contributed by atoms with Crippen molar-refractivity contribution in [2.75, 3.05) is 6.54 Å². The molecule has 5 rings (SSSR count). The zero-order chi connectivity index (χ0) is 16.2. The molecule has 5 aliphatic rings. The van der Waals surface area contributed by atoms with Crippen LogP contribution < -0.4 is 5.73 Å². The van der Waals surface area contributed by atoms with E-state index in [4.69, 9.17) is 5.73 Å². The maximum atomic E-state index is 13.1. The molecule has 0 spiro atoms. The molecule has 5 heteroatoms. The second-order valence-electron chi connectivity index (χ2n) is 8.70. The lowest BCUT2D eigenvalue weighted by atomic mass is 9.46. The monoisotopic (exact) mass is 317 g/mol. The van der Waals surface area contributed by atoms with Gasteiger partial charge < -0.3 is 15.7 Å². The second kappa shape index (κ2) is 5.19. The first-order chi connectivity index (χ1) is 10.9. The first-order valence-electron chi connectivity index (χ1n) is 9.13. The largest absolute Gasteiger partial charge is 0.390 e. The number of rotatable bonds is 2. The minimum atomic E-state index is -0.599. The van der Waals surface area contributed by atoms with Crippen LogP contribution in [0, 0.1) is 28.6 Å². The van der Waals surface area contributed by atoms with Crippen LogP contribution in [0.4, 0.5) is 0 Å². The summed E-state index contributed by atoms with van der Waals surface area (Å²) in [5, 5.41) is 20.2. The van der Waals surface area contributed by atoms with Gasteiger partial charge in [0.05, 0.1) is 17.7 Å². The van der Waals surface area contributed by atoms with Crippen LogP contribution in [0.3, 0.4) is 0 Å². The first kappa shape index (κ1) is 15.4. The van der Waals surface area contributed by atoms with Crippen molar-refractivity contribution in [3.8, 4) is 6.07 Å². The van der Waals surface area contributed by atoms with E-state index in [0.29, 0.717) is 24.8 Å². The number of aliphatic hydroxyl groups is 1. The summed E-state index contributed by atoms with van der Waals surface area (Å²) < 4.78 is 0. The lowest BCUT2D eigenvalue weighted by Gasteiger charge is -2.61. The average Bonchev–Trinajstić information content (AvgIpc) is 2.51. The zero-order valence-corrected chi connectivity index (χ0v) is 13.7. The van der Waals surface area contributed by atoms with Crippen molar-refractivity contribution in [1.82, 2.24) is 4.90 Å². The molecule has 0 aromatic rings. The number of nitriles is 1. The normalized spacial score (nSPS) is 46.5. The first-order valence-corrected chi connectivity index (χ1v) is 9.13. The smallest absolute Gasteiger partial charge is 0.241 e. The summed E-state index contributed by atoms with van der Waals surface area (Å²) in [6.07, 6.45) is 8.31. The van der Waals surface area contributed by atoms with Crippen molar-refractivity contribution in [3.63, 3.8) is 0 Å². The molecule has 1 saturated heterocycles. The third-order valence-corrected chi connectivity index (χ3v) is 6.94. The predicted octanol–water partition coefficient (Wildman–Crippen LogP) is 1.55. The standard InChI is InChI=1S/C18H27N3O2/c19-10-14-3-1-2-4-21(14)16(22)15(20)17-6-12-5-13(7-17)9-18(23,8-12)11-17/h12-15,23H,1-9,11,20H2. The maximum absolute atomic E-state index is 13.1. The Labute approximate surface area is 137 Å². The van der Waals surface area contributed by atoms with E-state index in [0.717, 1.165) is 44.9 Å². The SMILES string of the molecule is N#CC1CCCCN1C(=O)C(N)C12CC3CC(CC(O)(C3)C1)C2. The number of carbonyl (C=O) groups is 1. The molecule has 1 amide bonds. The third kappa shape index (κ3) is 2.38. The number of carbonyl (C=O) groups excluding carboxylic acids is 1.